The lowest BCUT2D eigenvalue weighted by Crippen LogP contribution is -2.41. The van der Waals surface area contributed by atoms with Gasteiger partial charge in [-0.05, 0) is 25.0 Å². The second-order valence-corrected chi connectivity index (χ2v) is 4.71. The van der Waals surface area contributed by atoms with Crippen LogP contribution in [0.5, 0.6) is 0 Å². The molecule has 1 amide bonds. The lowest BCUT2D eigenvalue weighted by atomic mass is 10.2. The number of hydrazine groups is 1. The molecule has 6 heteroatoms. The predicted molar refractivity (Wildman–Crippen MR) is 72.4 cm³/mol. The smallest absolute Gasteiger partial charge is 0.272 e. The lowest BCUT2D eigenvalue weighted by Gasteiger charge is -2.28. The van der Waals surface area contributed by atoms with E-state index in [1.165, 1.54) is 0 Å². The van der Waals surface area contributed by atoms with Crippen LogP contribution in [0.2, 0.25) is 0 Å². The zero-order valence-corrected chi connectivity index (χ0v) is 10.9. The highest BCUT2D eigenvalue weighted by atomic mass is 16.3. The van der Waals surface area contributed by atoms with Gasteiger partial charge in [0.15, 0.2) is 0 Å². The summed E-state index contributed by atoms with van der Waals surface area (Å²) in [5.74, 6) is 5.62. The molecule has 1 aliphatic carbocycles. The predicted octanol–water partition coefficient (Wildman–Crippen LogP) is 0.744. The third-order valence-corrected chi connectivity index (χ3v) is 3.48. The Morgan fingerprint density at radius 2 is 2.21 bits per heavy atom. The number of amides is 1. The van der Waals surface area contributed by atoms with Gasteiger partial charge < -0.3 is 15.4 Å². The standard InChI is InChI=1S/C13H20N4O2/c14-16-12-7-3-6-11(15-12)13(19)17(8-9-18)10-4-1-2-5-10/h3,6-7,10,18H,1-2,4-5,8-9,14H2,(H,15,16). The minimum atomic E-state index is -0.141. The summed E-state index contributed by atoms with van der Waals surface area (Å²) in [4.78, 5) is 18.4. The van der Waals surface area contributed by atoms with Gasteiger partial charge in [0.1, 0.15) is 11.5 Å². The molecule has 1 heterocycles. The first-order chi connectivity index (χ1) is 9.26. The summed E-state index contributed by atoms with van der Waals surface area (Å²) < 4.78 is 0. The van der Waals surface area contributed by atoms with Crippen LogP contribution in [0, 0.1) is 0 Å². The van der Waals surface area contributed by atoms with Crippen molar-refractivity contribution in [2.45, 2.75) is 31.7 Å². The van der Waals surface area contributed by atoms with Crippen LogP contribution in [0.4, 0.5) is 5.82 Å². The Morgan fingerprint density at radius 3 is 2.84 bits per heavy atom. The highest BCUT2D eigenvalue weighted by Gasteiger charge is 2.27. The number of pyridine rings is 1. The molecule has 0 spiro atoms. The molecule has 1 aliphatic rings. The number of hydrogen-bond donors (Lipinski definition) is 3. The summed E-state index contributed by atoms with van der Waals surface area (Å²) >= 11 is 0. The van der Waals surface area contributed by atoms with Crippen LogP contribution in [-0.4, -0.2) is 40.1 Å². The van der Waals surface area contributed by atoms with E-state index >= 15 is 0 Å². The number of nitrogens with two attached hydrogens (primary N) is 1. The first-order valence-corrected chi connectivity index (χ1v) is 6.61. The van der Waals surface area contributed by atoms with Crippen molar-refractivity contribution in [2.75, 3.05) is 18.6 Å². The Bertz CT molecular complexity index is 432. The number of aromatic nitrogens is 1. The quantitative estimate of drug-likeness (QED) is 0.539. The van der Waals surface area contributed by atoms with Crippen molar-refractivity contribution in [3.05, 3.63) is 23.9 Å². The molecule has 0 saturated heterocycles. The average molecular weight is 264 g/mol. The molecule has 19 heavy (non-hydrogen) atoms. The fraction of sp³-hybridized carbons (Fsp3) is 0.538. The number of aliphatic hydroxyl groups is 1. The molecule has 4 N–H and O–H groups in total. The van der Waals surface area contributed by atoms with Gasteiger partial charge in [0.2, 0.25) is 0 Å². The number of nitrogen functional groups attached to an aromatic ring is 1. The van der Waals surface area contributed by atoms with Gasteiger partial charge in [-0.1, -0.05) is 18.9 Å². The van der Waals surface area contributed by atoms with Gasteiger partial charge in [0, 0.05) is 12.6 Å². The van der Waals surface area contributed by atoms with Gasteiger partial charge in [-0.3, -0.25) is 4.79 Å². The Labute approximate surface area is 112 Å². The van der Waals surface area contributed by atoms with E-state index in [9.17, 15) is 4.79 Å². The molecular weight excluding hydrogens is 244 g/mol. The summed E-state index contributed by atoms with van der Waals surface area (Å²) in [7, 11) is 0. The van der Waals surface area contributed by atoms with Crippen LogP contribution in [0.25, 0.3) is 0 Å². The van der Waals surface area contributed by atoms with Crippen LogP contribution in [0.15, 0.2) is 18.2 Å². The van der Waals surface area contributed by atoms with E-state index in [4.69, 9.17) is 10.9 Å². The van der Waals surface area contributed by atoms with Crippen molar-refractivity contribution in [2.24, 2.45) is 5.84 Å². The van der Waals surface area contributed by atoms with Crippen molar-refractivity contribution in [1.29, 1.82) is 0 Å². The van der Waals surface area contributed by atoms with E-state index in [0.717, 1.165) is 25.7 Å². The molecule has 1 aromatic heterocycles. The van der Waals surface area contributed by atoms with Gasteiger partial charge in [-0.25, -0.2) is 10.8 Å². The number of carbonyl (C=O) groups is 1. The average Bonchev–Trinajstić information content (AvgIpc) is 2.98. The minimum Gasteiger partial charge on any atom is -0.395 e. The molecular formula is C13H20N4O2. The number of nitrogens with one attached hydrogen (secondary N) is 1. The summed E-state index contributed by atoms with van der Waals surface area (Å²) in [6.45, 7) is 0.322. The number of nitrogens with zero attached hydrogens (tertiary/aromatic N) is 2. The molecule has 0 atom stereocenters. The van der Waals surface area contributed by atoms with Crippen LogP contribution >= 0.6 is 0 Å². The monoisotopic (exact) mass is 264 g/mol. The molecule has 6 nitrogen and oxygen atoms in total. The third-order valence-electron chi connectivity index (χ3n) is 3.48. The molecule has 2 rings (SSSR count). The maximum Gasteiger partial charge on any atom is 0.272 e. The molecule has 1 aromatic rings. The highest BCUT2D eigenvalue weighted by molar-refractivity contribution is 5.93. The zero-order chi connectivity index (χ0) is 13.7. The first kappa shape index (κ1) is 13.8. The summed E-state index contributed by atoms with van der Waals surface area (Å²) in [5, 5.41) is 9.15. The van der Waals surface area contributed by atoms with Crippen LogP contribution < -0.4 is 11.3 Å². The fourth-order valence-corrected chi connectivity index (χ4v) is 2.55. The first-order valence-electron chi connectivity index (χ1n) is 6.61. The normalized spacial score (nSPS) is 15.5. The van der Waals surface area contributed by atoms with Gasteiger partial charge in [-0.2, -0.15) is 0 Å². The van der Waals surface area contributed by atoms with Crippen LogP contribution in [0.1, 0.15) is 36.2 Å². The largest absolute Gasteiger partial charge is 0.395 e. The molecule has 0 bridgehead atoms. The van der Waals surface area contributed by atoms with Gasteiger partial charge in [0.05, 0.1) is 6.61 Å². The SMILES string of the molecule is NNc1cccc(C(=O)N(CCO)C2CCCC2)n1. The Morgan fingerprint density at radius 1 is 1.47 bits per heavy atom. The van der Waals surface area contributed by atoms with Crippen molar-refractivity contribution in [3.8, 4) is 0 Å². The Balaban J connectivity index is 2.17. The van der Waals surface area contributed by atoms with E-state index in [-0.39, 0.29) is 18.6 Å². The number of anilines is 1. The maximum atomic E-state index is 12.5. The maximum absolute atomic E-state index is 12.5. The Kier molecular flexibility index (Phi) is 4.70. The van der Waals surface area contributed by atoms with E-state index in [2.05, 4.69) is 10.4 Å². The van der Waals surface area contributed by atoms with Crippen molar-refractivity contribution >= 4 is 11.7 Å². The molecule has 0 unspecified atom stereocenters. The highest BCUT2D eigenvalue weighted by Crippen LogP contribution is 2.24. The number of rotatable bonds is 5. The van der Waals surface area contributed by atoms with E-state index < -0.39 is 0 Å². The number of hydrogen-bond acceptors (Lipinski definition) is 5. The van der Waals surface area contributed by atoms with Crippen molar-refractivity contribution in [3.63, 3.8) is 0 Å². The molecule has 0 radical (unpaired) electrons. The van der Waals surface area contributed by atoms with E-state index in [0.29, 0.717) is 18.1 Å². The van der Waals surface area contributed by atoms with E-state index in [1.54, 1.807) is 23.1 Å². The molecule has 1 saturated carbocycles. The summed E-state index contributed by atoms with van der Waals surface area (Å²) in [6.07, 6.45) is 4.27. The number of aliphatic hydroxyl groups excluding tert-OH is 1. The second kappa shape index (κ2) is 6.49. The summed E-state index contributed by atoms with van der Waals surface area (Å²) in [5.41, 5.74) is 2.79. The molecule has 0 aromatic carbocycles. The molecule has 104 valence electrons. The van der Waals surface area contributed by atoms with Crippen LogP contribution in [0.3, 0.4) is 0 Å². The van der Waals surface area contributed by atoms with Crippen molar-refractivity contribution < 1.29 is 9.90 Å². The zero-order valence-electron chi connectivity index (χ0n) is 10.9. The molecule has 0 aliphatic heterocycles. The van der Waals surface area contributed by atoms with Crippen LogP contribution in [-0.2, 0) is 0 Å². The lowest BCUT2D eigenvalue weighted by molar-refractivity contribution is 0.0632. The molecule has 1 fully saturated rings. The topological polar surface area (TPSA) is 91.5 Å². The van der Waals surface area contributed by atoms with Gasteiger partial charge in [0.25, 0.3) is 5.91 Å². The fourth-order valence-electron chi connectivity index (χ4n) is 2.55. The second-order valence-electron chi connectivity index (χ2n) is 4.71. The Hall–Kier alpha value is -1.66. The van der Waals surface area contributed by atoms with E-state index in [1.807, 2.05) is 0 Å². The number of carbonyl (C=O) groups excluding carboxylic acids is 1. The van der Waals surface area contributed by atoms with Gasteiger partial charge >= 0.3 is 0 Å². The summed E-state index contributed by atoms with van der Waals surface area (Å²) in [6, 6.07) is 5.32. The third kappa shape index (κ3) is 3.21. The minimum absolute atomic E-state index is 0.0307. The van der Waals surface area contributed by atoms with Crippen molar-refractivity contribution in [1.82, 2.24) is 9.88 Å². The van der Waals surface area contributed by atoms with Gasteiger partial charge in [-0.15, -0.1) is 0 Å².